The van der Waals surface area contributed by atoms with E-state index in [1.807, 2.05) is 24.3 Å². The number of amides is 2. The summed E-state index contributed by atoms with van der Waals surface area (Å²) in [6.07, 6.45) is 1.59. The number of nitrogens with zero attached hydrogens (tertiary/aromatic N) is 1. The number of hydrogen-bond acceptors (Lipinski definition) is 5. The van der Waals surface area contributed by atoms with Crippen molar-refractivity contribution in [2.45, 2.75) is 19.4 Å². The Balaban J connectivity index is 1.66. The number of likely N-dealkylation sites (tertiary alicyclic amines) is 1. The van der Waals surface area contributed by atoms with Crippen molar-refractivity contribution in [3.05, 3.63) is 53.6 Å². The average Bonchev–Trinajstić information content (AvgIpc) is 2.73. The summed E-state index contributed by atoms with van der Waals surface area (Å²) in [5.74, 6) is 0.582. The number of hydrogen-bond donors (Lipinski definition) is 2. The lowest BCUT2D eigenvalue weighted by Crippen LogP contribution is -2.38. The van der Waals surface area contributed by atoms with Crippen molar-refractivity contribution in [3.63, 3.8) is 0 Å². The van der Waals surface area contributed by atoms with Gasteiger partial charge in [0.25, 0.3) is 5.91 Å². The van der Waals surface area contributed by atoms with E-state index in [1.54, 1.807) is 25.3 Å². The minimum atomic E-state index is -0.264. The van der Waals surface area contributed by atoms with Crippen molar-refractivity contribution >= 4 is 17.5 Å². The van der Waals surface area contributed by atoms with Gasteiger partial charge in [0, 0.05) is 18.2 Å². The Labute approximate surface area is 170 Å². The average molecular weight is 397 g/mol. The van der Waals surface area contributed by atoms with Gasteiger partial charge in [-0.05, 0) is 61.8 Å². The molecular weight excluding hydrogens is 370 g/mol. The maximum atomic E-state index is 12.8. The molecule has 7 heteroatoms. The molecule has 7 nitrogen and oxygen atoms in total. The Kier molecular flexibility index (Phi) is 6.72. The van der Waals surface area contributed by atoms with Gasteiger partial charge in [0.05, 0.1) is 19.8 Å². The fraction of sp³-hybridized carbons (Fsp3) is 0.364. The van der Waals surface area contributed by atoms with Gasteiger partial charge in [-0.2, -0.15) is 0 Å². The fourth-order valence-electron chi connectivity index (χ4n) is 3.57. The topological polar surface area (TPSA) is 93.9 Å². The Morgan fingerprint density at radius 2 is 1.86 bits per heavy atom. The van der Waals surface area contributed by atoms with Crippen LogP contribution in [0.2, 0.25) is 0 Å². The minimum absolute atomic E-state index is 0.0188. The van der Waals surface area contributed by atoms with Gasteiger partial charge in [0.2, 0.25) is 5.91 Å². The summed E-state index contributed by atoms with van der Waals surface area (Å²) in [4.78, 5) is 26.4. The summed E-state index contributed by atoms with van der Waals surface area (Å²) in [6.45, 7) is 2.44. The van der Waals surface area contributed by atoms with E-state index in [0.29, 0.717) is 22.7 Å². The van der Waals surface area contributed by atoms with Crippen LogP contribution in [0.3, 0.4) is 0 Å². The first-order valence-corrected chi connectivity index (χ1v) is 9.64. The van der Waals surface area contributed by atoms with Crippen molar-refractivity contribution in [2.24, 2.45) is 11.7 Å². The van der Waals surface area contributed by atoms with Crippen molar-refractivity contribution in [1.29, 1.82) is 0 Å². The van der Waals surface area contributed by atoms with Crippen LogP contribution in [0.25, 0.3) is 0 Å². The largest absolute Gasteiger partial charge is 0.497 e. The summed E-state index contributed by atoms with van der Waals surface area (Å²) < 4.78 is 10.5. The highest BCUT2D eigenvalue weighted by Gasteiger charge is 2.23. The smallest absolute Gasteiger partial charge is 0.259 e. The Morgan fingerprint density at radius 3 is 2.52 bits per heavy atom. The summed E-state index contributed by atoms with van der Waals surface area (Å²) >= 11 is 0. The molecule has 0 radical (unpaired) electrons. The Bertz CT molecular complexity index is 876. The third-order valence-electron chi connectivity index (χ3n) is 5.23. The Morgan fingerprint density at radius 1 is 1.10 bits per heavy atom. The summed E-state index contributed by atoms with van der Waals surface area (Å²) in [7, 11) is 3.08. The highest BCUT2D eigenvalue weighted by molar-refractivity contribution is 6.06. The monoisotopic (exact) mass is 397 g/mol. The lowest BCUT2D eigenvalue weighted by molar-refractivity contribution is -0.123. The summed E-state index contributed by atoms with van der Waals surface area (Å²) in [5.41, 5.74) is 7.62. The summed E-state index contributed by atoms with van der Waals surface area (Å²) in [5, 5.41) is 2.93. The maximum Gasteiger partial charge on any atom is 0.259 e. The number of piperidine rings is 1. The van der Waals surface area contributed by atoms with Gasteiger partial charge in [-0.25, -0.2) is 0 Å². The molecule has 2 aromatic carbocycles. The third kappa shape index (κ3) is 5.26. The summed E-state index contributed by atoms with van der Waals surface area (Å²) in [6, 6.07) is 12.9. The molecule has 0 unspecified atom stereocenters. The zero-order valence-corrected chi connectivity index (χ0v) is 16.8. The lowest BCUT2D eigenvalue weighted by Gasteiger charge is -2.30. The number of ether oxygens (including phenoxy) is 2. The van der Waals surface area contributed by atoms with Crippen LogP contribution in [-0.4, -0.2) is 44.0 Å². The molecule has 2 aromatic rings. The molecule has 1 aliphatic rings. The molecule has 0 aromatic heterocycles. The molecule has 0 atom stereocenters. The maximum absolute atomic E-state index is 12.8. The highest BCUT2D eigenvalue weighted by atomic mass is 16.5. The van der Waals surface area contributed by atoms with Gasteiger partial charge in [0.15, 0.2) is 0 Å². The SMILES string of the molecule is COc1ccc(OC)c(C(=O)Nc2cccc(CN3CCC(C(N)=O)CC3)c2)c1. The number of primary amides is 1. The van der Waals surface area contributed by atoms with Crippen LogP contribution in [0.4, 0.5) is 5.69 Å². The van der Waals surface area contributed by atoms with E-state index in [0.717, 1.165) is 38.0 Å². The van der Waals surface area contributed by atoms with E-state index in [4.69, 9.17) is 15.2 Å². The molecule has 1 heterocycles. The van der Waals surface area contributed by atoms with E-state index < -0.39 is 0 Å². The zero-order chi connectivity index (χ0) is 20.8. The lowest BCUT2D eigenvalue weighted by atomic mass is 9.96. The fourth-order valence-corrected chi connectivity index (χ4v) is 3.57. The van der Waals surface area contributed by atoms with E-state index in [2.05, 4.69) is 10.2 Å². The number of carbonyl (C=O) groups excluding carboxylic acids is 2. The molecule has 154 valence electrons. The second-order valence-electron chi connectivity index (χ2n) is 7.17. The number of nitrogens with one attached hydrogen (secondary N) is 1. The number of benzene rings is 2. The molecule has 0 aliphatic carbocycles. The van der Waals surface area contributed by atoms with Crippen LogP contribution < -0.4 is 20.5 Å². The van der Waals surface area contributed by atoms with Gasteiger partial charge in [-0.3, -0.25) is 14.5 Å². The first kappa shape index (κ1) is 20.7. The van der Waals surface area contributed by atoms with Gasteiger partial charge in [-0.15, -0.1) is 0 Å². The molecule has 3 rings (SSSR count). The van der Waals surface area contributed by atoms with Crippen LogP contribution in [0, 0.1) is 5.92 Å². The minimum Gasteiger partial charge on any atom is -0.497 e. The standard InChI is InChI=1S/C22H27N3O4/c1-28-18-6-7-20(29-2)19(13-18)22(27)24-17-5-3-4-15(12-17)14-25-10-8-16(9-11-25)21(23)26/h3-7,12-13,16H,8-11,14H2,1-2H3,(H2,23,26)(H,24,27). The molecular formula is C22H27N3O4. The number of rotatable bonds is 7. The molecule has 1 aliphatic heterocycles. The van der Waals surface area contributed by atoms with Crippen molar-refractivity contribution in [1.82, 2.24) is 4.90 Å². The number of anilines is 1. The van der Waals surface area contributed by atoms with Crippen LogP contribution in [0.1, 0.15) is 28.8 Å². The van der Waals surface area contributed by atoms with Crippen molar-refractivity contribution in [2.75, 3.05) is 32.6 Å². The first-order valence-electron chi connectivity index (χ1n) is 9.64. The predicted octanol–water partition coefficient (Wildman–Crippen LogP) is 2.65. The van der Waals surface area contributed by atoms with E-state index in [-0.39, 0.29) is 17.7 Å². The second kappa shape index (κ2) is 9.43. The normalized spacial score (nSPS) is 15.0. The van der Waals surface area contributed by atoms with E-state index in [1.165, 1.54) is 7.11 Å². The molecule has 1 saturated heterocycles. The molecule has 2 amide bonds. The molecule has 1 fully saturated rings. The third-order valence-corrected chi connectivity index (χ3v) is 5.23. The van der Waals surface area contributed by atoms with E-state index >= 15 is 0 Å². The molecule has 29 heavy (non-hydrogen) atoms. The van der Waals surface area contributed by atoms with Crippen LogP contribution >= 0.6 is 0 Å². The van der Waals surface area contributed by atoms with Gasteiger partial charge in [0.1, 0.15) is 11.5 Å². The second-order valence-corrected chi connectivity index (χ2v) is 7.17. The number of carbonyl (C=O) groups is 2. The molecule has 0 bridgehead atoms. The van der Waals surface area contributed by atoms with Crippen LogP contribution in [-0.2, 0) is 11.3 Å². The number of nitrogens with two attached hydrogens (primary N) is 1. The van der Waals surface area contributed by atoms with E-state index in [9.17, 15) is 9.59 Å². The van der Waals surface area contributed by atoms with Crippen LogP contribution in [0.15, 0.2) is 42.5 Å². The Hall–Kier alpha value is -3.06. The van der Waals surface area contributed by atoms with Crippen molar-refractivity contribution in [3.8, 4) is 11.5 Å². The zero-order valence-electron chi connectivity index (χ0n) is 16.8. The first-order chi connectivity index (χ1) is 14.0. The van der Waals surface area contributed by atoms with Gasteiger partial charge in [-0.1, -0.05) is 12.1 Å². The van der Waals surface area contributed by atoms with Gasteiger partial charge >= 0.3 is 0 Å². The van der Waals surface area contributed by atoms with Crippen molar-refractivity contribution < 1.29 is 19.1 Å². The quantitative estimate of drug-likeness (QED) is 0.749. The highest BCUT2D eigenvalue weighted by Crippen LogP contribution is 2.25. The molecule has 0 saturated carbocycles. The molecule has 3 N–H and O–H groups in total. The van der Waals surface area contributed by atoms with Gasteiger partial charge < -0.3 is 20.5 Å². The van der Waals surface area contributed by atoms with Crippen LogP contribution in [0.5, 0.6) is 11.5 Å². The number of methoxy groups -OCH3 is 2. The predicted molar refractivity (Wildman–Crippen MR) is 111 cm³/mol. The molecule has 0 spiro atoms.